The first kappa shape index (κ1) is 22.8. The molecule has 1 unspecified atom stereocenters. The Kier molecular flexibility index (Phi) is 6.55. The molecule has 0 bridgehead atoms. The SMILES string of the molecule is Cc1ccc(C(CNC(=O)c2ccc(N3C(=O)CCS3(=O)=O)cc2Cl)N2CCCC2)cc1. The van der Waals surface area contributed by atoms with Crippen molar-refractivity contribution in [2.75, 3.05) is 29.7 Å². The maximum atomic E-state index is 12.9. The standard InChI is InChI=1S/C23H26ClN3O4S/c1-16-4-6-17(7-5-16)21(26-11-2-3-12-26)15-25-23(29)19-9-8-18(14-20(19)24)27-22(28)10-13-32(27,30)31/h4-9,14,21H,2-3,10-13,15H2,1H3,(H,25,29). The monoisotopic (exact) mass is 475 g/mol. The van der Waals surface area contributed by atoms with Crippen LogP contribution in [-0.4, -0.2) is 50.5 Å². The van der Waals surface area contributed by atoms with E-state index in [0.29, 0.717) is 6.54 Å². The summed E-state index contributed by atoms with van der Waals surface area (Å²) in [5.74, 6) is -1.05. The summed E-state index contributed by atoms with van der Waals surface area (Å²) in [7, 11) is -3.68. The van der Waals surface area contributed by atoms with Gasteiger partial charge in [-0.25, -0.2) is 12.7 Å². The fraction of sp³-hybridized carbons (Fsp3) is 0.391. The molecule has 170 valence electrons. The Balaban J connectivity index is 1.50. The van der Waals surface area contributed by atoms with Crippen LogP contribution in [0, 0.1) is 6.92 Å². The molecule has 2 saturated heterocycles. The fourth-order valence-corrected chi connectivity index (χ4v) is 5.98. The van der Waals surface area contributed by atoms with Crippen molar-refractivity contribution >= 4 is 39.1 Å². The molecule has 2 heterocycles. The Bertz CT molecular complexity index is 1130. The largest absolute Gasteiger partial charge is 0.350 e. The van der Waals surface area contributed by atoms with Gasteiger partial charge < -0.3 is 5.32 Å². The van der Waals surface area contributed by atoms with E-state index in [-0.39, 0.29) is 40.4 Å². The summed E-state index contributed by atoms with van der Waals surface area (Å²) in [5, 5.41) is 3.08. The highest BCUT2D eigenvalue weighted by Crippen LogP contribution is 2.30. The number of carbonyl (C=O) groups is 2. The first-order chi connectivity index (χ1) is 15.3. The minimum atomic E-state index is -3.68. The smallest absolute Gasteiger partial charge is 0.252 e. The molecule has 1 atom stereocenters. The zero-order valence-electron chi connectivity index (χ0n) is 17.9. The number of aryl methyl sites for hydroxylation is 1. The van der Waals surface area contributed by atoms with Crippen molar-refractivity contribution in [1.29, 1.82) is 0 Å². The third kappa shape index (κ3) is 4.67. The molecule has 9 heteroatoms. The van der Waals surface area contributed by atoms with E-state index < -0.39 is 15.9 Å². The van der Waals surface area contributed by atoms with Gasteiger partial charge >= 0.3 is 0 Å². The summed E-state index contributed by atoms with van der Waals surface area (Å²) in [6.45, 7) is 4.45. The molecule has 2 aromatic rings. The lowest BCUT2D eigenvalue weighted by molar-refractivity contribution is -0.116. The molecule has 2 amide bonds. The van der Waals surface area contributed by atoms with Gasteiger partial charge in [0.1, 0.15) is 0 Å². The highest BCUT2D eigenvalue weighted by Gasteiger charge is 2.36. The van der Waals surface area contributed by atoms with Gasteiger partial charge in [0.25, 0.3) is 5.91 Å². The van der Waals surface area contributed by atoms with Crippen LogP contribution >= 0.6 is 11.6 Å². The van der Waals surface area contributed by atoms with Crippen molar-refractivity contribution < 1.29 is 18.0 Å². The predicted molar refractivity (Wildman–Crippen MR) is 124 cm³/mol. The molecule has 0 saturated carbocycles. The van der Waals surface area contributed by atoms with Crippen molar-refractivity contribution in [2.24, 2.45) is 0 Å². The predicted octanol–water partition coefficient (Wildman–Crippen LogP) is 3.28. The molecule has 4 rings (SSSR count). The van der Waals surface area contributed by atoms with Crippen molar-refractivity contribution in [3.05, 3.63) is 64.2 Å². The summed E-state index contributed by atoms with van der Waals surface area (Å²) < 4.78 is 25.0. The number of benzene rings is 2. The van der Waals surface area contributed by atoms with Crippen LogP contribution < -0.4 is 9.62 Å². The average molecular weight is 476 g/mol. The number of likely N-dealkylation sites (tertiary alicyclic amines) is 1. The van der Waals surface area contributed by atoms with Crippen molar-refractivity contribution in [2.45, 2.75) is 32.2 Å². The van der Waals surface area contributed by atoms with Gasteiger partial charge in [0.15, 0.2) is 0 Å². The number of nitrogens with zero attached hydrogens (tertiary/aromatic N) is 2. The number of anilines is 1. The first-order valence-electron chi connectivity index (χ1n) is 10.7. The number of hydrogen-bond donors (Lipinski definition) is 1. The molecular formula is C23H26ClN3O4S. The van der Waals surface area contributed by atoms with Crippen molar-refractivity contribution in [3.8, 4) is 0 Å². The molecule has 0 spiro atoms. The second kappa shape index (κ2) is 9.21. The topological polar surface area (TPSA) is 86.8 Å². The molecule has 1 N–H and O–H groups in total. The van der Waals surface area contributed by atoms with E-state index >= 15 is 0 Å². The van der Waals surface area contributed by atoms with Crippen molar-refractivity contribution in [1.82, 2.24) is 10.2 Å². The lowest BCUT2D eigenvalue weighted by Crippen LogP contribution is -2.37. The summed E-state index contributed by atoms with van der Waals surface area (Å²) in [6, 6.07) is 12.7. The van der Waals surface area contributed by atoms with E-state index in [4.69, 9.17) is 11.6 Å². The van der Waals surface area contributed by atoms with Crippen LogP contribution in [-0.2, 0) is 14.8 Å². The third-order valence-electron chi connectivity index (χ3n) is 6.01. The number of amides is 2. The summed E-state index contributed by atoms with van der Waals surface area (Å²) in [6.07, 6.45) is 2.22. The van der Waals surface area contributed by atoms with Gasteiger partial charge in [0.05, 0.1) is 28.1 Å². The maximum Gasteiger partial charge on any atom is 0.252 e. The van der Waals surface area contributed by atoms with E-state index in [1.807, 2.05) is 6.92 Å². The summed E-state index contributed by atoms with van der Waals surface area (Å²) >= 11 is 6.32. The van der Waals surface area contributed by atoms with Gasteiger partial charge in [0.2, 0.25) is 15.9 Å². The van der Waals surface area contributed by atoms with Crippen LogP contribution in [0.15, 0.2) is 42.5 Å². The quantitative estimate of drug-likeness (QED) is 0.692. The van der Waals surface area contributed by atoms with Gasteiger partial charge in [-0.3, -0.25) is 14.5 Å². The van der Waals surface area contributed by atoms with E-state index in [1.54, 1.807) is 0 Å². The maximum absolute atomic E-state index is 12.9. The number of carbonyl (C=O) groups excluding carboxylic acids is 2. The summed E-state index contributed by atoms with van der Waals surface area (Å²) in [5.41, 5.74) is 2.73. The number of nitrogens with one attached hydrogen (secondary N) is 1. The molecule has 2 fully saturated rings. The van der Waals surface area contributed by atoms with Crippen LogP contribution in [0.1, 0.15) is 46.8 Å². The molecule has 0 aromatic heterocycles. The van der Waals surface area contributed by atoms with E-state index in [0.717, 1.165) is 35.8 Å². The van der Waals surface area contributed by atoms with Gasteiger partial charge in [0, 0.05) is 13.0 Å². The zero-order valence-corrected chi connectivity index (χ0v) is 19.5. The molecule has 7 nitrogen and oxygen atoms in total. The van der Waals surface area contributed by atoms with E-state index in [9.17, 15) is 18.0 Å². The molecule has 2 aliphatic heterocycles. The Hall–Kier alpha value is -2.42. The fourth-order valence-electron chi connectivity index (χ4n) is 4.27. The molecule has 32 heavy (non-hydrogen) atoms. The number of halogens is 1. The highest BCUT2D eigenvalue weighted by atomic mass is 35.5. The highest BCUT2D eigenvalue weighted by molar-refractivity contribution is 7.94. The van der Waals surface area contributed by atoms with Gasteiger partial charge in [-0.2, -0.15) is 0 Å². The zero-order chi connectivity index (χ0) is 22.9. The van der Waals surface area contributed by atoms with E-state index in [2.05, 4.69) is 34.5 Å². The summed E-state index contributed by atoms with van der Waals surface area (Å²) in [4.78, 5) is 27.3. The van der Waals surface area contributed by atoms with Crippen LogP contribution in [0.3, 0.4) is 0 Å². The van der Waals surface area contributed by atoms with E-state index in [1.165, 1.54) is 23.8 Å². The number of sulfonamides is 1. The Morgan fingerprint density at radius 2 is 1.81 bits per heavy atom. The first-order valence-corrected chi connectivity index (χ1v) is 12.7. The number of hydrogen-bond acceptors (Lipinski definition) is 5. The minimum Gasteiger partial charge on any atom is -0.350 e. The van der Waals surface area contributed by atoms with Crippen LogP contribution in [0.4, 0.5) is 5.69 Å². The average Bonchev–Trinajstić information content (AvgIpc) is 3.37. The van der Waals surface area contributed by atoms with Gasteiger partial charge in [-0.05, 0) is 56.6 Å². The van der Waals surface area contributed by atoms with Crippen LogP contribution in [0.25, 0.3) is 0 Å². The normalized spacial score (nSPS) is 19.3. The lowest BCUT2D eigenvalue weighted by Gasteiger charge is -2.28. The number of rotatable bonds is 6. The molecule has 2 aliphatic rings. The second-order valence-electron chi connectivity index (χ2n) is 8.27. The third-order valence-corrected chi connectivity index (χ3v) is 8.01. The Morgan fingerprint density at radius 3 is 2.41 bits per heavy atom. The Labute approximate surface area is 193 Å². The minimum absolute atomic E-state index is 0.0565. The molecule has 0 aliphatic carbocycles. The molecule has 2 aromatic carbocycles. The van der Waals surface area contributed by atoms with Crippen LogP contribution in [0.2, 0.25) is 5.02 Å². The van der Waals surface area contributed by atoms with Gasteiger partial charge in [-0.15, -0.1) is 0 Å². The van der Waals surface area contributed by atoms with Crippen LogP contribution in [0.5, 0.6) is 0 Å². The molecular weight excluding hydrogens is 450 g/mol. The molecule has 0 radical (unpaired) electrons. The Morgan fingerprint density at radius 1 is 1.12 bits per heavy atom. The lowest BCUT2D eigenvalue weighted by atomic mass is 10.0. The van der Waals surface area contributed by atoms with Crippen molar-refractivity contribution in [3.63, 3.8) is 0 Å². The van der Waals surface area contributed by atoms with Gasteiger partial charge in [-0.1, -0.05) is 41.4 Å². The second-order valence-corrected chi connectivity index (χ2v) is 10.6.